The fourth-order valence-corrected chi connectivity index (χ4v) is 4.66. The number of carbonyl (C=O) groups is 1. The Morgan fingerprint density at radius 1 is 1.25 bits per heavy atom. The molecule has 8 heteroatoms. The van der Waals surface area contributed by atoms with Gasteiger partial charge in [-0.1, -0.05) is 6.07 Å². The highest BCUT2D eigenvalue weighted by atomic mass is 32.1. The van der Waals surface area contributed by atoms with Crippen molar-refractivity contribution in [1.82, 2.24) is 25.1 Å². The van der Waals surface area contributed by atoms with Gasteiger partial charge < -0.3 is 5.32 Å². The molecule has 1 aliphatic rings. The van der Waals surface area contributed by atoms with E-state index in [0.717, 1.165) is 35.6 Å². The molecule has 3 heterocycles. The molecule has 0 aromatic carbocycles. The molecule has 0 saturated heterocycles. The van der Waals surface area contributed by atoms with Crippen molar-refractivity contribution in [3.63, 3.8) is 0 Å². The summed E-state index contributed by atoms with van der Waals surface area (Å²) in [5.41, 5.74) is 0.516. The van der Waals surface area contributed by atoms with Crippen LogP contribution < -0.4 is 5.32 Å². The molecule has 3 aromatic heterocycles. The van der Waals surface area contributed by atoms with Crippen LogP contribution in [0.15, 0.2) is 35.5 Å². The Hall–Kier alpha value is -2.06. The van der Waals surface area contributed by atoms with Crippen LogP contribution >= 0.6 is 22.7 Å². The first-order chi connectivity index (χ1) is 11.8. The lowest BCUT2D eigenvalue weighted by Gasteiger charge is -2.28. The van der Waals surface area contributed by atoms with Crippen LogP contribution in [0.5, 0.6) is 0 Å². The average Bonchev–Trinajstić information content (AvgIpc) is 3.35. The normalized spacial score (nSPS) is 20.8. The van der Waals surface area contributed by atoms with Crippen LogP contribution in [0.3, 0.4) is 0 Å². The third kappa shape index (κ3) is 3.25. The van der Waals surface area contributed by atoms with E-state index in [9.17, 15) is 4.79 Å². The average molecular weight is 359 g/mol. The van der Waals surface area contributed by atoms with Gasteiger partial charge in [0.1, 0.15) is 23.4 Å². The Kier molecular flexibility index (Phi) is 4.40. The predicted molar refractivity (Wildman–Crippen MR) is 94.2 cm³/mol. The summed E-state index contributed by atoms with van der Waals surface area (Å²) in [6.45, 7) is 0. The van der Waals surface area contributed by atoms with Crippen LogP contribution in [-0.2, 0) is 0 Å². The molecule has 24 heavy (non-hydrogen) atoms. The van der Waals surface area contributed by atoms with Crippen molar-refractivity contribution in [2.45, 2.75) is 37.8 Å². The second-order valence-electron chi connectivity index (χ2n) is 5.87. The third-order valence-electron chi connectivity index (χ3n) is 4.31. The smallest absolute Gasteiger partial charge is 0.270 e. The summed E-state index contributed by atoms with van der Waals surface area (Å²) in [5.74, 6) is -0.0711. The lowest BCUT2D eigenvalue weighted by Crippen LogP contribution is -2.38. The molecule has 1 fully saturated rings. The largest absolute Gasteiger partial charge is 0.348 e. The molecule has 0 bridgehead atoms. The van der Waals surface area contributed by atoms with Crippen LogP contribution in [0.2, 0.25) is 0 Å². The van der Waals surface area contributed by atoms with Crippen LogP contribution in [0.25, 0.3) is 9.88 Å². The maximum Gasteiger partial charge on any atom is 0.270 e. The second kappa shape index (κ2) is 6.82. The van der Waals surface area contributed by atoms with E-state index < -0.39 is 0 Å². The summed E-state index contributed by atoms with van der Waals surface area (Å²) in [4.78, 5) is 22.0. The van der Waals surface area contributed by atoms with Gasteiger partial charge in [0, 0.05) is 11.4 Å². The zero-order valence-corrected chi connectivity index (χ0v) is 14.6. The van der Waals surface area contributed by atoms with E-state index in [1.807, 2.05) is 27.6 Å². The van der Waals surface area contributed by atoms with Gasteiger partial charge in [0.05, 0.1) is 10.9 Å². The number of carbonyl (C=O) groups excluding carboxylic acids is 1. The van der Waals surface area contributed by atoms with Crippen molar-refractivity contribution in [2.75, 3.05) is 0 Å². The summed E-state index contributed by atoms with van der Waals surface area (Å²) < 4.78 is 1.92. The first kappa shape index (κ1) is 15.5. The molecule has 0 aliphatic heterocycles. The lowest BCUT2D eigenvalue weighted by atomic mass is 9.91. The summed E-state index contributed by atoms with van der Waals surface area (Å²) in [6.07, 6.45) is 7.26. The topological polar surface area (TPSA) is 72.7 Å². The maximum atomic E-state index is 12.4. The van der Waals surface area contributed by atoms with Crippen LogP contribution in [0, 0.1) is 0 Å². The van der Waals surface area contributed by atoms with E-state index in [1.54, 1.807) is 24.0 Å². The number of rotatable bonds is 4. The summed E-state index contributed by atoms with van der Waals surface area (Å²) in [5, 5.41) is 12.1. The van der Waals surface area contributed by atoms with Crippen molar-refractivity contribution in [3.8, 4) is 9.88 Å². The van der Waals surface area contributed by atoms with Crippen molar-refractivity contribution < 1.29 is 4.79 Å². The van der Waals surface area contributed by atoms with Gasteiger partial charge in [0.25, 0.3) is 5.91 Å². The SMILES string of the molecule is O=C(NC1CCC(n2cncn2)CC1)c1csc(-c2cccs2)n1. The number of hydrogen-bond donors (Lipinski definition) is 1. The zero-order chi connectivity index (χ0) is 16.4. The molecule has 0 atom stereocenters. The van der Waals surface area contributed by atoms with Gasteiger partial charge in [-0.15, -0.1) is 22.7 Å². The standard InChI is InChI=1S/C16H17N5OS2/c22-15(13-8-24-16(20-13)14-2-1-7-23-14)19-11-3-5-12(6-4-11)21-10-17-9-18-21/h1-2,7-12H,3-6H2,(H,19,22). The zero-order valence-electron chi connectivity index (χ0n) is 13.0. The van der Waals surface area contributed by atoms with E-state index >= 15 is 0 Å². The van der Waals surface area contributed by atoms with Gasteiger partial charge in [0.15, 0.2) is 0 Å². The number of nitrogens with one attached hydrogen (secondary N) is 1. The number of thiophene rings is 1. The quantitative estimate of drug-likeness (QED) is 0.775. The van der Waals surface area contributed by atoms with E-state index in [4.69, 9.17) is 0 Å². The number of aromatic nitrogens is 4. The molecule has 1 saturated carbocycles. The number of hydrogen-bond acceptors (Lipinski definition) is 6. The summed E-state index contributed by atoms with van der Waals surface area (Å²) >= 11 is 3.15. The highest BCUT2D eigenvalue weighted by molar-refractivity contribution is 7.20. The van der Waals surface area contributed by atoms with Crippen LogP contribution in [0.4, 0.5) is 0 Å². The lowest BCUT2D eigenvalue weighted by molar-refractivity contribution is 0.0917. The Balaban J connectivity index is 1.34. The Bertz CT molecular complexity index is 788. The molecule has 1 amide bonds. The predicted octanol–water partition coefficient (Wildman–Crippen LogP) is 3.38. The first-order valence-corrected chi connectivity index (χ1v) is 9.70. The van der Waals surface area contributed by atoms with Gasteiger partial charge >= 0.3 is 0 Å². The Morgan fingerprint density at radius 2 is 2.12 bits per heavy atom. The monoisotopic (exact) mass is 359 g/mol. The molecule has 1 aliphatic carbocycles. The van der Waals surface area contributed by atoms with Gasteiger partial charge in [-0.25, -0.2) is 14.6 Å². The maximum absolute atomic E-state index is 12.4. The van der Waals surface area contributed by atoms with Crippen molar-refractivity contribution in [1.29, 1.82) is 0 Å². The van der Waals surface area contributed by atoms with Gasteiger partial charge in [-0.2, -0.15) is 5.10 Å². The highest BCUT2D eigenvalue weighted by Crippen LogP contribution is 2.29. The van der Waals surface area contributed by atoms with Crippen LogP contribution in [0.1, 0.15) is 42.2 Å². The Morgan fingerprint density at radius 3 is 2.83 bits per heavy atom. The molecule has 0 unspecified atom stereocenters. The van der Waals surface area contributed by atoms with Gasteiger partial charge in [-0.05, 0) is 37.1 Å². The minimum absolute atomic E-state index is 0.0711. The second-order valence-corrected chi connectivity index (χ2v) is 7.68. The van der Waals surface area contributed by atoms with Crippen molar-refractivity contribution in [2.24, 2.45) is 0 Å². The molecular formula is C16H17N5OS2. The molecule has 0 spiro atoms. The molecule has 0 radical (unpaired) electrons. The number of amides is 1. The molecule has 3 aromatic rings. The molecule has 124 valence electrons. The minimum Gasteiger partial charge on any atom is -0.348 e. The highest BCUT2D eigenvalue weighted by Gasteiger charge is 2.25. The van der Waals surface area contributed by atoms with E-state index in [-0.39, 0.29) is 11.9 Å². The fourth-order valence-electron chi connectivity index (χ4n) is 3.04. The molecule has 4 rings (SSSR count). The van der Waals surface area contributed by atoms with Crippen molar-refractivity contribution in [3.05, 3.63) is 41.2 Å². The molecule has 1 N–H and O–H groups in total. The minimum atomic E-state index is -0.0711. The molecule has 6 nitrogen and oxygen atoms in total. The summed E-state index contributed by atoms with van der Waals surface area (Å²) in [7, 11) is 0. The molecular weight excluding hydrogens is 342 g/mol. The third-order valence-corrected chi connectivity index (χ3v) is 6.19. The van der Waals surface area contributed by atoms with Crippen LogP contribution in [-0.4, -0.2) is 31.7 Å². The van der Waals surface area contributed by atoms with E-state index in [0.29, 0.717) is 11.7 Å². The van der Waals surface area contributed by atoms with Crippen molar-refractivity contribution >= 4 is 28.6 Å². The van der Waals surface area contributed by atoms with E-state index in [1.165, 1.54) is 11.3 Å². The Labute approximate surface area is 147 Å². The van der Waals surface area contributed by atoms with E-state index in [2.05, 4.69) is 20.4 Å². The summed E-state index contributed by atoms with van der Waals surface area (Å²) in [6, 6.07) is 4.63. The fraction of sp³-hybridized carbons (Fsp3) is 0.375. The number of thiazole rings is 1. The number of nitrogens with zero attached hydrogens (tertiary/aromatic N) is 4. The van der Waals surface area contributed by atoms with Gasteiger partial charge in [0.2, 0.25) is 0 Å². The van der Waals surface area contributed by atoms with Gasteiger partial charge in [-0.3, -0.25) is 4.79 Å². The first-order valence-electron chi connectivity index (χ1n) is 7.94.